The molecule has 0 spiro atoms. The number of rotatable bonds is 0. The molecule has 21 valence electrons. The van der Waals surface area contributed by atoms with Crippen LogP contribution in [0.3, 0.4) is 0 Å². The molecule has 0 rings (SSSR count). The maximum Gasteiger partial charge on any atom is 2.00 e. The fourth-order valence-electron chi connectivity index (χ4n) is 0. The van der Waals surface area contributed by atoms with Crippen molar-refractivity contribution >= 4 is 0 Å². The first-order valence-corrected chi connectivity index (χ1v) is 0. The molecule has 1 radical (unpaired) electrons. The van der Waals surface area contributed by atoms with Crippen LogP contribution in [0, 0.1) is 0 Å². The van der Waals surface area contributed by atoms with Crippen LogP contribution in [0.2, 0.25) is 0 Å². The minimum atomic E-state index is 0. The number of hydrogen-bond acceptors (Lipinski definition) is 0. The summed E-state index contributed by atoms with van der Waals surface area (Å²) in [5, 5.41) is 0. The standard InChI is InChI=1S/FH.Li.Mn.O/h1H;;;/q;+1;+2;-2/p-1. The van der Waals surface area contributed by atoms with Crippen molar-refractivity contribution in [3.8, 4) is 0 Å². The molecule has 0 atom stereocenters. The van der Waals surface area contributed by atoms with Crippen LogP contribution in [0.4, 0.5) is 0 Å². The number of hydrogen-bond donors (Lipinski definition) is 0. The Morgan fingerprint density at radius 3 is 1.00 bits per heavy atom. The van der Waals surface area contributed by atoms with Crippen LogP contribution in [0.1, 0.15) is 0 Å². The van der Waals surface area contributed by atoms with Gasteiger partial charge in [0, 0.05) is 0 Å². The maximum absolute atomic E-state index is 0. The Morgan fingerprint density at radius 1 is 1.00 bits per heavy atom. The molecule has 0 aliphatic carbocycles. The Kier molecular flexibility index (Phi) is 708. The van der Waals surface area contributed by atoms with Gasteiger partial charge in [-0.15, -0.1) is 0 Å². The van der Waals surface area contributed by atoms with Crippen molar-refractivity contribution in [3.63, 3.8) is 0 Å². The van der Waals surface area contributed by atoms with Gasteiger partial charge in [0.1, 0.15) is 0 Å². The van der Waals surface area contributed by atoms with Crippen molar-refractivity contribution in [2.24, 2.45) is 0 Å². The molecular formula is FLiMnO. The van der Waals surface area contributed by atoms with E-state index in [-0.39, 0.29) is 46.1 Å². The van der Waals surface area contributed by atoms with Crippen LogP contribution in [0.5, 0.6) is 0 Å². The first-order chi connectivity index (χ1) is 0. The summed E-state index contributed by atoms with van der Waals surface area (Å²) in [5.74, 6) is 0. The van der Waals surface area contributed by atoms with Gasteiger partial charge in [-0.2, -0.15) is 0 Å². The summed E-state index contributed by atoms with van der Waals surface area (Å²) in [5.41, 5.74) is 0. The second-order valence-corrected chi connectivity index (χ2v) is 0. The predicted molar refractivity (Wildman–Crippen MR) is 0.686 cm³/mol. The third-order valence-electron chi connectivity index (χ3n) is 0. The molecule has 0 fully saturated rings. The van der Waals surface area contributed by atoms with Gasteiger partial charge in [0.25, 0.3) is 0 Å². The van der Waals surface area contributed by atoms with Crippen LogP contribution < -0.4 is 23.6 Å². The average Bonchev–Trinajstić information content (AvgIpc) is 0. The Morgan fingerprint density at radius 2 is 1.00 bits per heavy atom. The zero-order valence-electron chi connectivity index (χ0n) is 2.16. The molecule has 0 aliphatic rings. The fourth-order valence-corrected chi connectivity index (χ4v) is 0. The summed E-state index contributed by atoms with van der Waals surface area (Å²) < 4.78 is 0. The molecule has 0 aliphatic heterocycles. The topological polar surface area (TPSA) is 28.5 Å². The van der Waals surface area contributed by atoms with E-state index < -0.39 is 0 Å². The molecule has 0 saturated heterocycles. The monoisotopic (exact) mass is 96.9 g/mol. The van der Waals surface area contributed by atoms with Gasteiger partial charge in [-0.1, -0.05) is 0 Å². The molecule has 0 unspecified atom stereocenters. The van der Waals surface area contributed by atoms with Crippen molar-refractivity contribution in [1.82, 2.24) is 0 Å². The van der Waals surface area contributed by atoms with Gasteiger partial charge in [0.2, 0.25) is 0 Å². The fraction of sp³-hybridized carbons (Fsp3) is 0. The van der Waals surface area contributed by atoms with Crippen LogP contribution in [0.25, 0.3) is 0 Å². The van der Waals surface area contributed by atoms with Gasteiger partial charge in [0.05, 0.1) is 0 Å². The maximum atomic E-state index is 0. The quantitative estimate of drug-likeness (QED) is 0.269. The van der Waals surface area contributed by atoms with E-state index in [4.69, 9.17) is 0 Å². The molecule has 0 saturated carbocycles. The minimum absolute atomic E-state index is 0. The van der Waals surface area contributed by atoms with Gasteiger partial charge >= 0.3 is 35.9 Å². The SMILES string of the molecule is [F-].[Li+].[Mn+2].[O-2]. The molecule has 4 heteroatoms. The molecule has 1 nitrogen and oxygen atoms in total. The van der Waals surface area contributed by atoms with E-state index in [0.29, 0.717) is 0 Å². The summed E-state index contributed by atoms with van der Waals surface area (Å²) in [4.78, 5) is 0. The van der Waals surface area contributed by atoms with E-state index in [1.54, 1.807) is 0 Å². The van der Waals surface area contributed by atoms with E-state index in [1.165, 1.54) is 0 Å². The zero-order chi connectivity index (χ0) is 0. The third-order valence-corrected chi connectivity index (χ3v) is 0. The summed E-state index contributed by atoms with van der Waals surface area (Å²) in [6, 6.07) is 0. The van der Waals surface area contributed by atoms with Gasteiger partial charge in [-0.25, -0.2) is 0 Å². The Hall–Kier alpha value is 1.01. The van der Waals surface area contributed by atoms with E-state index in [0.717, 1.165) is 0 Å². The van der Waals surface area contributed by atoms with Crippen molar-refractivity contribution in [3.05, 3.63) is 0 Å². The van der Waals surface area contributed by atoms with E-state index in [1.807, 2.05) is 0 Å². The largest absolute Gasteiger partial charge is 2.00 e. The van der Waals surface area contributed by atoms with Crippen LogP contribution in [0.15, 0.2) is 0 Å². The normalized spacial score (nSPS) is 0. The summed E-state index contributed by atoms with van der Waals surface area (Å²) in [6.45, 7) is 0. The Labute approximate surface area is 46.5 Å². The van der Waals surface area contributed by atoms with Crippen LogP contribution >= 0.6 is 0 Å². The van der Waals surface area contributed by atoms with Crippen LogP contribution in [-0.2, 0) is 22.5 Å². The van der Waals surface area contributed by atoms with Crippen molar-refractivity contribution in [2.45, 2.75) is 0 Å². The first kappa shape index (κ1) is 79.3. The smallest absolute Gasteiger partial charge is 2.00 e. The summed E-state index contributed by atoms with van der Waals surface area (Å²) >= 11 is 0. The van der Waals surface area contributed by atoms with E-state index in [9.17, 15) is 0 Å². The minimum Gasteiger partial charge on any atom is -2.00 e. The molecule has 0 aromatic heterocycles. The Bertz CT molecular complexity index is 8.00. The Balaban J connectivity index is 0. The molecule has 0 aromatic carbocycles. The molecule has 4 heavy (non-hydrogen) atoms. The van der Waals surface area contributed by atoms with Gasteiger partial charge in [-0.05, 0) is 0 Å². The molecule has 0 amide bonds. The van der Waals surface area contributed by atoms with Gasteiger partial charge in [-0.3, -0.25) is 0 Å². The van der Waals surface area contributed by atoms with Crippen molar-refractivity contribution in [1.29, 1.82) is 0 Å². The second-order valence-electron chi connectivity index (χ2n) is 0. The van der Waals surface area contributed by atoms with E-state index in [2.05, 4.69) is 0 Å². The molecule has 0 aromatic rings. The zero-order valence-corrected chi connectivity index (χ0v) is 3.34. The third kappa shape index (κ3) is 11.9. The molecule has 0 bridgehead atoms. The molecule has 0 N–H and O–H groups in total. The number of halogens is 1. The second kappa shape index (κ2) is 35.7. The van der Waals surface area contributed by atoms with Gasteiger partial charge in [0.15, 0.2) is 0 Å². The molecule has 0 heterocycles. The van der Waals surface area contributed by atoms with Crippen molar-refractivity contribution in [2.75, 3.05) is 0 Å². The average molecular weight is 96.9 g/mol. The molecular weight excluding hydrogens is 96.9 g/mol. The summed E-state index contributed by atoms with van der Waals surface area (Å²) in [6.07, 6.45) is 0. The predicted octanol–water partition coefficient (Wildman–Crippen LogP) is -6.11. The van der Waals surface area contributed by atoms with Crippen LogP contribution in [-0.4, -0.2) is 0 Å². The van der Waals surface area contributed by atoms with E-state index >= 15 is 0 Å². The van der Waals surface area contributed by atoms with Gasteiger partial charge < -0.3 is 10.2 Å². The van der Waals surface area contributed by atoms with Crippen molar-refractivity contribution < 1.29 is 46.1 Å². The summed E-state index contributed by atoms with van der Waals surface area (Å²) in [7, 11) is 0. The first-order valence-electron chi connectivity index (χ1n) is 0.